The Labute approximate surface area is 152 Å². The first-order valence-electron chi connectivity index (χ1n) is 8.07. The van der Waals surface area contributed by atoms with Crippen LogP contribution in [0.5, 0.6) is 0 Å². The van der Waals surface area contributed by atoms with Gasteiger partial charge in [0.25, 0.3) is 0 Å². The number of hydrogen-bond donors (Lipinski definition) is 1. The van der Waals surface area contributed by atoms with E-state index >= 15 is 0 Å². The monoisotopic (exact) mass is 361 g/mol. The first kappa shape index (κ1) is 17.3. The van der Waals surface area contributed by atoms with E-state index in [1.54, 1.807) is 0 Å². The molecule has 0 bridgehead atoms. The molecule has 1 heterocycles. The number of aromatic nitrogens is 2. The van der Waals surface area contributed by atoms with Crippen LogP contribution in [0.15, 0.2) is 42.5 Å². The smallest absolute Gasteiger partial charge is 0.123 e. The molecule has 0 atom stereocenters. The van der Waals surface area contributed by atoms with Gasteiger partial charge in [-0.2, -0.15) is 0 Å². The van der Waals surface area contributed by atoms with Crippen molar-refractivity contribution in [3.63, 3.8) is 0 Å². The van der Waals surface area contributed by atoms with Crippen LogP contribution in [0.3, 0.4) is 0 Å². The van der Waals surface area contributed by atoms with Gasteiger partial charge in [0.05, 0.1) is 27.6 Å². The third-order valence-corrected chi connectivity index (χ3v) is 5.12. The van der Waals surface area contributed by atoms with Crippen molar-refractivity contribution < 1.29 is 0 Å². The van der Waals surface area contributed by atoms with Crippen molar-refractivity contribution in [2.75, 3.05) is 0 Å². The summed E-state index contributed by atoms with van der Waals surface area (Å²) >= 11 is 12.2. The van der Waals surface area contributed by atoms with Crippen molar-refractivity contribution >= 4 is 34.2 Å². The lowest BCUT2D eigenvalue weighted by atomic mass is 9.94. The van der Waals surface area contributed by atoms with E-state index in [0.29, 0.717) is 16.6 Å². The Bertz CT molecular complexity index is 868. The van der Waals surface area contributed by atoms with Crippen molar-refractivity contribution in [3.05, 3.63) is 63.9 Å². The van der Waals surface area contributed by atoms with Crippen molar-refractivity contribution in [2.24, 2.45) is 0 Å². The molecular formula is C19H21Cl2N3. The minimum Gasteiger partial charge on any atom is -0.327 e. The average molecular weight is 362 g/mol. The fourth-order valence-electron chi connectivity index (χ4n) is 2.90. The number of para-hydroxylation sites is 2. The standard InChI is InChI=1S/C19H21Cl2N3/c1-4-24-17-8-6-5-7-16(17)23-18(24)12-22-19(2,3)13-9-10-14(20)15(21)11-13/h5-11,22H,4,12H2,1-3H3. The topological polar surface area (TPSA) is 29.9 Å². The number of hydrogen-bond acceptors (Lipinski definition) is 2. The fourth-order valence-corrected chi connectivity index (χ4v) is 3.20. The predicted octanol–water partition coefficient (Wildman–Crippen LogP) is 5.39. The third kappa shape index (κ3) is 3.30. The molecular weight excluding hydrogens is 341 g/mol. The van der Waals surface area contributed by atoms with E-state index in [0.717, 1.165) is 23.4 Å². The second kappa shape index (κ2) is 6.75. The van der Waals surface area contributed by atoms with Crippen LogP contribution in [0.2, 0.25) is 10.0 Å². The first-order valence-corrected chi connectivity index (χ1v) is 8.82. The van der Waals surface area contributed by atoms with E-state index < -0.39 is 0 Å². The zero-order valence-corrected chi connectivity index (χ0v) is 15.6. The van der Waals surface area contributed by atoms with E-state index in [-0.39, 0.29) is 5.54 Å². The lowest BCUT2D eigenvalue weighted by Gasteiger charge is -2.27. The van der Waals surface area contributed by atoms with Gasteiger partial charge in [-0.3, -0.25) is 0 Å². The maximum Gasteiger partial charge on any atom is 0.123 e. The number of halogens is 2. The molecule has 0 saturated heterocycles. The lowest BCUT2D eigenvalue weighted by molar-refractivity contribution is 0.391. The summed E-state index contributed by atoms with van der Waals surface area (Å²) in [5.74, 6) is 1.03. The number of nitrogens with one attached hydrogen (secondary N) is 1. The molecule has 0 aliphatic carbocycles. The highest BCUT2D eigenvalue weighted by atomic mass is 35.5. The summed E-state index contributed by atoms with van der Waals surface area (Å²) in [7, 11) is 0. The molecule has 2 aromatic carbocycles. The number of benzene rings is 2. The predicted molar refractivity (Wildman–Crippen MR) is 102 cm³/mol. The van der Waals surface area contributed by atoms with Gasteiger partial charge in [0, 0.05) is 12.1 Å². The molecule has 0 fully saturated rings. The summed E-state index contributed by atoms with van der Waals surface area (Å²) in [6.07, 6.45) is 0. The Morgan fingerprint density at radius 1 is 1.08 bits per heavy atom. The van der Waals surface area contributed by atoms with Gasteiger partial charge >= 0.3 is 0 Å². The zero-order valence-electron chi connectivity index (χ0n) is 14.1. The second-order valence-corrected chi connectivity index (χ2v) is 7.18. The molecule has 0 radical (unpaired) electrons. The molecule has 0 saturated carbocycles. The van der Waals surface area contributed by atoms with Crippen LogP contribution in [0.4, 0.5) is 0 Å². The number of fused-ring (bicyclic) bond motifs is 1. The second-order valence-electron chi connectivity index (χ2n) is 6.37. The highest BCUT2D eigenvalue weighted by Gasteiger charge is 2.22. The minimum atomic E-state index is -0.245. The van der Waals surface area contributed by atoms with Gasteiger partial charge in [-0.25, -0.2) is 4.98 Å². The van der Waals surface area contributed by atoms with Crippen molar-refractivity contribution in [1.29, 1.82) is 0 Å². The van der Waals surface area contributed by atoms with E-state index in [9.17, 15) is 0 Å². The minimum absolute atomic E-state index is 0.245. The molecule has 0 unspecified atom stereocenters. The summed E-state index contributed by atoms with van der Waals surface area (Å²) in [6.45, 7) is 7.97. The molecule has 5 heteroatoms. The van der Waals surface area contributed by atoms with Gasteiger partial charge in [0.15, 0.2) is 0 Å². The summed E-state index contributed by atoms with van der Waals surface area (Å²) in [5, 5.41) is 4.74. The summed E-state index contributed by atoms with van der Waals surface area (Å²) in [6, 6.07) is 14.0. The van der Waals surface area contributed by atoms with E-state index in [2.05, 4.69) is 42.8 Å². The molecule has 3 aromatic rings. The quantitative estimate of drug-likeness (QED) is 0.660. The van der Waals surface area contributed by atoms with Gasteiger partial charge < -0.3 is 9.88 Å². The van der Waals surface area contributed by atoms with Gasteiger partial charge in [-0.15, -0.1) is 0 Å². The zero-order chi connectivity index (χ0) is 17.3. The molecule has 0 aliphatic rings. The van der Waals surface area contributed by atoms with Crippen molar-refractivity contribution in [1.82, 2.24) is 14.9 Å². The lowest BCUT2D eigenvalue weighted by Crippen LogP contribution is -2.36. The molecule has 1 N–H and O–H groups in total. The Morgan fingerprint density at radius 2 is 1.83 bits per heavy atom. The maximum absolute atomic E-state index is 6.16. The highest BCUT2D eigenvalue weighted by molar-refractivity contribution is 6.42. The molecule has 0 amide bonds. The van der Waals surface area contributed by atoms with Crippen molar-refractivity contribution in [3.8, 4) is 0 Å². The SMILES string of the molecule is CCn1c(CNC(C)(C)c2ccc(Cl)c(Cl)c2)nc2ccccc21. The molecule has 126 valence electrons. The normalized spacial score (nSPS) is 12.0. The molecule has 3 nitrogen and oxygen atoms in total. The Hall–Kier alpha value is -1.55. The molecule has 1 aromatic heterocycles. The van der Waals surface area contributed by atoms with Gasteiger partial charge in [0.1, 0.15) is 5.82 Å². The highest BCUT2D eigenvalue weighted by Crippen LogP contribution is 2.28. The van der Waals surface area contributed by atoms with Crippen LogP contribution in [0.1, 0.15) is 32.2 Å². The fraction of sp³-hybridized carbons (Fsp3) is 0.316. The maximum atomic E-state index is 6.16. The first-order chi connectivity index (χ1) is 11.4. The summed E-state index contributed by atoms with van der Waals surface area (Å²) in [4.78, 5) is 4.77. The van der Waals surface area contributed by atoms with Crippen molar-refractivity contribution in [2.45, 2.75) is 39.4 Å². The van der Waals surface area contributed by atoms with Gasteiger partial charge in [0.2, 0.25) is 0 Å². The van der Waals surface area contributed by atoms with E-state index in [4.69, 9.17) is 28.2 Å². The Morgan fingerprint density at radius 3 is 2.54 bits per heavy atom. The third-order valence-electron chi connectivity index (χ3n) is 4.38. The van der Waals surface area contributed by atoms with Crippen LogP contribution >= 0.6 is 23.2 Å². The largest absolute Gasteiger partial charge is 0.327 e. The number of aryl methyl sites for hydroxylation is 1. The van der Waals surface area contributed by atoms with Gasteiger partial charge in [-0.1, -0.05) is 41.4 Å². The van der Waals surface area contributed by atoms with Crippen LogP contribution in [-0.2, 0) is 18.6 Å². The average Bonchev–Trinajstić information content (AvgIpc) is 2.93. The molecule has 24 heavy (non-hydrogen) atoms. The van der Waals surface area contributed by atoms with Crippen LogP contribution in [-0.4, -0.2) is 9.55 Å². The Balaban J connectivity index is 1.85. The number of nitrogens with zero attached hydrogens (tertiary/aromatic N) is 2. The molecule has 3 rings (SSSR count). The van der Waals surface area contributed by atoms with E-state index in [1.165, 1.54) is 5.52 Å². The molecule has 0 spiro atoms. The van der Waals surface area contributed by atoms with Crippen LogP contribution in [0, 0.1) is 0 Å². The van der Waals surface area contributed by atoms with Crippen LogP contribution in [0.25, 0.3) is 11.0 Å². The number of imidazole rings is 1. The summed E-state index contributed by atoms with van der Waals surface area (Å²) in [5.41, 5.74) is 3.05. The Kier molecular flexibility index (Phi) is 4.86. The number of rotatable bonds is 5. The van der Waals surface area contributed by atoms with Crippen LogP contribution < -0.4 is 5.32 Å². The summed E-state index contributed by atoms with van der Waals surface area (Å²) < 4.78 is 2.24. The van der Waals surface area contributed by atoms with E-state index in [1.807, 2.05) is 30.3 Å². The van der Waals surface area contributed by atoms with Gasteiger partial charge in [-0.05, 0) is 50.6 Å². The molecule has 0 aliphatic heterocycles.